The molecule has 2 N–H and O–H groups in total. The lowest BCUT2D eigenvalue weighted by molar-refractivity contribution is -0.141. The summed E-state index contributed by atoms with van der Waals surface area (Å²) in [5.41, 5.74) is 1.97. The minimum atomic E-state index is -0.737. The Morgan fingerprint density at radius 1 is 1.47 bits per heavy atom. The Morgan fingerprint density at radius 3 is 3.05 bits per heavy atom. The van der Waals surface area contributed by atoms with Gasteiger partial charge in [-0.15, -0.1) is 0 Å². The van der Waals surface area contributed by atoms with Crippen molar-refractivity contribution in [1.82, 2.24) is 10.3 Å². The first kappa shape index (κ1) is 11.9. The molecule has 1 aliphatic rings. The number of rotatable bonds is 3. The average Bonchev–Trinajstić information content (AvgIpc) is 3.10. The molecule has 0 aliphatic carbocycles. The summed E-state index contributed by atoms with van der Waals surface area (Å²) in [5.74, 6) is -0.469. The van der Waals surface area contributed by atoms with E-state index in [1.54, 1.807) is 6.20 Å². The minimum Gasteiger partial charge on any atom is -0.481 e. The van der Waals surface area contributed by atoms with Gasteiger partial charge in [0.1, 0.15) is 6.26 Å². The summed E-state index contributed by atoms with van der Waals surface area (Å²) < 4.78 is 5.27. The van der Waals surface area contributed by atoms with Crippen molar-refractivity contribution in [2.45, 2.75) is 12.5 Å². The number of nitrogens with one attached hydrogen (secondary N) is 1. The molecule has 1 fully saturated rings. The molecule has 2 aromatic rings. The summed E-state index contributed by atoms with van der Waals surface area (Å²) in [7, 11) is 0. The highest BCUT2D eigenvalue weighted by Crippen LogP contribution is 2.29. The van der Waals surface area contributed by atoms with Crippen LogP contribution in [-0.2, 0) is 4.79 Å². The van der Waals surface area contributed by atoms with Crippen LogP contribution in [0.1, 0.15) is 18.0 Å². The maximum Gasteiger partial charge on any atom is 0.307 e. The first-order valence-electron chi connectivity index (χ1n) is 6.20. The van der Waals surface area contributed by atoms with Gasteiger partial charge in [-0.1, -0.05) is 12.1 Å². The van der Waals surface area contributed by atoms with Gasteiger partial charge in [0.2, 0.25) is 5.89 Å². The second kappa shape index (κ2) is 4.85. The number of hydrogen-bond acceptors (Lipinski definition) is 4. The molecule has 5 nitrogen and oxygen atoms in total. The first-order chi connectivity index (χ1) is 9.24. The van der Waals surface area contributed by atoms with E-state index in [1.165, 1.54) is 6.26 Å². The third kappa shape index (κ3) is 2.37. The van der Waals surface area contributed by atoms with E-state index in [9.17, 15) is 4.79 Å². The van der Waals surface area contributed by atoms with Gasteiger partial charge in [-0.2, -0.15) is 0 Å². The van der Waals surface area contributed by atoms with Crippen molar-refractivity contribution >= 4 is 5.97 Å². The fraction of sp³-hybridized carbons (Fsp3) is 0.286. The minimum absolute atomic E-state index is 0.0796. The van der Waals surface area contributed by atoms with Crippen LogP contribution >= 0.6 is 0 Å². The predicted octanol–water partition coefficient (Wildman–Crippen LogP) is 2.08. The zero-order valence-electron chi connectivity index (χ0n) is 10.2. The Labute approximate surface area is 110 Å². The van der Waals surface area contributed by atoms with Crippen LogP contribution in [0.4, 0.5) is 0 Å². The van der Waals surface area contributed by atoms with E-state index in [4.69, 9.17) is 9.52 Å². The number of carboxylic acid groups (broad SMARTS) is 1. The molecule has 0 spiro atoms. The number of aromatic nitrogens is 1. The van der Waals surface area contributed by atoms with Gasteiger partial charge in [0.05, 0.1) is 12.1 Å². The zero-order valence-corrected chi connectivity index (χ0v) is 10.2. The van der Waals surface area contributed by atoms with E-state index in [2.05, 4.69) is 10.3 Å². The van der Waals surface area contributed by atoms with Gasteiger partial charge in [-0.05, 0) is 24.1 Å². The maximum absolute atomic E-state index is 11.0. The fourth-order valence-corrected chi connectivity index (χ4v) is 2.43. The summed E-state index contributed by atoms with van der Waals surface area (Å²) in [5, 5.41) is 12.3. The van der Waals surface area contributed by atoms with Crippen molar-refractivity contribution in [3.63, 3.8) is 0 Å². The van der Waals surface area contributed by atoms with Gasteiger partial charge in [0.25, 0.3) is 0 Å². The molecule has 98 valence electrons. The molecule has 0 radical (unpaired) electrons. The number of aliphatic carboxylic acids is 1. The number of nitrogens with zero attached hydrogens (tertiary/aromatic N) is 1. The van der Waals surface area contributed by atoms with Crippen molar-refractivity contribution in [2.75, 3.05) is 6.54 Å². The monoisotopic (exact) mass is 258 g/mol. The molecular formula is C14H14N2O3. The normalized spacial score (nSPS) is 22.5. The van der Waals surface area contributed by atoms with E-state index in [1.807, 2.05) is 24.3 Å². The SMILES string of the molecule is O=C(O)C1CNC(c2cccc(-c3ncco3)c2)C1. The molecule has 0 amide bonds. The lowest BCUT2D eigenvalue weighted by atomic mass is 9.98. The van der Waals surface area contributed by atoms with Crippen molar-refractivity contribution < 1.29 is 14.3 Å². The fourth-order valence-electron chi connectivity index (χ4n) is 2.43. The lowest BCUT2D eigenvalue weighted by Crippen LogP contribution is -2.17. The molecule has 2 heterocycles. The van der Waals surface area contributed by atoms with Gasteiger partial charge in [-0.25, -0.2) is 4.98 Å². The van der Waals surface area contributed by atoms with Crippen LogP contribution in [0.2, 0.25) is 0 Å². The van der Waals surface area contributed by atoms with Gasteiger partial charge < -0.3 is 14.8 Å². The van der Waals surface area contributed by atoms with Crippen LogP contribution in [-0.4, -0.2) is 22.6 Å². The number of carboxylic acids is 1. The van der Waals surface area contributed by atoms with E-state index in [0.29, 0.717) is 18.9 Å². The summed E-state index contributed by atoms with van der Waals surface area (Å²) in [6.45, 7) is 0.517. The number of benzene rings is 1. The van der Waals surface area contributed by atoms with Crippen LogP contribution in [0, 0.1) is 5.92 Å². The smallest absolute Gasteiger partial charge is 0.307 e. The highest BCUT2D eigenvalue weighted by atomic mass is 16.4. The molecule has 5 heteroatoms. The Hall–Kier alpha value is -2.14. The van der Waals surface area contributed by atoms with Gasteiger partial charge in [-0.3, -0.25) is 4.79 Å². The standard InChI is InChI=1S/C14H14N2O3/c17-14(18)11-7-12(16-8-11)9-2-1-3-10(6-9)13-15-4-5-19-13/h1-6,11-12,16H,7-8H2,(H,17,18). The average molecular weight is 258 g/mol. The molecule has 1 aromatic carbocycles. The summed E-state index contributed by atoms with van der Waals surface area (Å²) in [6.07, 6.45) is 3.76. The quantitative estimate of drug-likeness (QED) is 0.881. The van der Waals surface area contributed by atoms with Gasteiger partial charge in [0.15, 0.2) is 0 Å². The molecular weight excluding hydrogens is 244 g/mol. The van der Waals surface area contributed by atoms with Crippen molar-refractivity contribution in [2.24, 2.45) is 5.92 Å². The molecule has 1 aliphatic heterocycles. The van der Waals surface area contributed by atoms with Crippen LogP contribution in [0.15, 0.2) is 41.1 Å². The highest BCUT2D eigenvalue weighted by molar-refractivity contribution is 5.71. The highest BCUT2D eigenvalue weighted by Gasteiger charge is 2.30. The maximum atomic E-state index is 11.0. The van der Waals surface area contributed by atoms with Crippen LogP contribution in [0.3, 0.4) is 0 Å². The molecule has 1 aromatic heterocycles. The Bertz CT molecular complexity index is 580. The molecule has 2 atom stereocenters. The number of hydrogen-bond donors (Lipinski definition) is 2. The summed E-state index contributed by atoms with van der Waals surface area (Å²) in [4.78, 5) is 15.1. The van der Waals surface area contributed by atoms with E-state index >= 15 is 0 Å². The predicted molar refractivity (Wildman–Crippen MR) is 68.4 cm³/mol. The third-order valence-electron chi connectivity index (χ3n) is 3.45. The van der Waals surface area contributed by atoms with Crippen molar-refractivity contribution in [1.29, 1.82) is 0 Å². The first-order valence-corrected chi connectivity index (χ1v) is 6.20. The summed E-state index contributed by atoms with van der Waals surface area (Å²) in [6, 6.07) is 7.93. The Kier molecular flexibility index (Phi) is 3.05. The van der Waals surface area contributed by atoms with Gasteiger partial charge >= 0.3 is 5.97 Å². The van der Waals surface area contributed by atoms with E-state index in [0.717, 1.165) is 11.1 Å². The Balaban J connectivity index is 1.83. The summed E-state index contributed by atoms with van der Waals surface area (Å²) >= 11 is 0. The lowest BCUT2D eigenvalue weighted by Gasteiger charge is -2.11. The van der Waals surface area contributed by atoms with E-state index in [-0.39, 0.29) is 12.0 Å². The van der Waals surface area contributed by atoms with Crippen LogP contribution in [0.5, 0.6) is 0 Å². The third-order valence-corrected chi connectivity index (χ3v) is 3.45. The number of carbonyl (C=O) groups is 1. The van der Waals surface area contributed by atoms with Crippen LogP contribution < -0.4 is 5.32 Å². The molecule has 0 saturated carbocycles. The number of oxazole rings is 1. The molecule has 3 rings (SSSR count). The Morgan fingerprint density at radius 2 is 2.37 bits per heavy atom. The van der Waals surface area contributed by atoms with Crippen molar-refractivity contribution in [3.05, 3.63) is 42.3 Å². The zero-order chi connectivity index (χ0) is 13.2. The van der Waals surface area contributed by atoms with Crippen molar-refractivity contribution in [3.8, 4) is 11.5 Å². The van der Waals surface area contributed by atoms with Crippen LogP contribution in [0.25, 0.3) is 11.5 Å². The van der Waals surface area contributed by atoms with E-state index < -0.39 is 5.97 Å². The largest absolute Gasteiger partial charge is 0.481 e. The molecule has 1 saturated heterocycles. The van der Waals surface area contributed by atoms with Gasteiger partial charge in [0, 0.05) is 18.2 Å². The topological polar surface area (TPSA) is 75.4 Å². The molecule has 19 heavy (non-hydrogen) atoms. The molecule has 2 unspecified atom stereocenters. The second-order valence-electron chi connectivity index (χ2n) is 4.69. The molecule has 0 bridgehead atoms. The second-order valence-corrected chi connectivity index (χ2v) is 4.69.